The zero-order valence-electron chi connectivity index (χ0n) is 18.3. The minimum atomic E-state index is -0.804. The molecule has 1 aliphatic heterocycles. The van der Waals surface area contributed by atoms with Gasteiger partial charge in [-0.1, -0.05) is 35.1 Å². The van der Waals surface area contributed by atoms with Gasteiger partial charge in [-0.2, -0.15) is 4.98 Å². The lowest BCUT2D eigenvalue weighted by Crippen LogP contribution is -2.42. The number of pyridine rings is 1. The highest BCUT2D eigenvalue weighted by Crippen LogP contribution is 2.36. The van der Waals surface area contributed by atoms with Gasteiger partial charge in [0.05, 0.1) is 16.6 Å². The van der Waals surface area contributed by atoms with E-state index in [0.717, 1.165) is 46.4 Å². The second kappa shape index (κ2) is 8.67. The van der Waals surface area contributed by atoms with E-state index >= 15 is 0 Å². The van der Waals surface area contributed by atoms with Crippen molar-refractivity contribution in [1.29, 1.82) is 0 Å². The molecule has 0 saturated carbocycles. The maximum atomic E-state index is 11.1. The standard InChI is InChI=1S/C26H22ClN3O3S/c27-19-5-3-18(4-6-19)26(31)9-12-30(13-10-26)15-17-16-32-22-14-20(7-8-21(17)22)33-25-29-24-23(34-25)2-1-11-28-24/h1-8,11,14,16,31H,9-10,12-13,15H2. The SMILES string of the molecule is OC1(c2ccc(Cl)cc2)CCN(Cc2coc3cc(Oc4nc5ncccc5s4)ccc23)CC1. The van der Waals surface area contributed by atoms with Crippen molar-refractivity contribution in [2.75, 3.05) is 13.1 Å². The molecule has 0 aliphatic carbocycles. The summed E-state index contributed by atoms with van der Waals surface area (Å²) in [5.41, 5.74) is 2.72. The highest BCUT2D eigenvalue weighted by molar-refractivity contribution is 7.20. The third-order valence-electron chi connectivity index (χ3n) is 6.44. The molecule has 8 heteroatoms. The van der Waals surface area contributed by atoms with Crippen LogP contribution < -0.4 is 4.74 Å². The van der Waals surface area contributed by atoms with Crippen molar-refractivity contribution in [3.8, 4) is 10.9 Å². The largest absolute Gasteiger partial charge is 0.464 e. The monoisotopic (exact) mass is 491 g/mol. The van der Waals surface area contributed by atoms with Crippen LogP contribution in [0.3, 0.4) is 0 Å². The number of benzene rings is 2. The van der Waals surface area contributed by atoms with Gasteiger partial charge in [-0.15, -0.1) is 0 Å². The van der Waals surface area contributed by atoms with E-state index in [4.69, 9.17) is 20.8 Å². The summed E-state index contributed by atoms with van der Waals surface area (Å²) >= 11 is 7.47. The third-order valence-corrected chi connectivity index (χ3v) is 7.58. The third kappa shape index (κ3) is 4.16. The smallest absolute Gasteiger partial charge is 0.281 e. The van der Waals surface area contributed by atoms with Gasteiger partial charge in [0.15, 0.2) is 5.65 Å². The lowest BCUT2D eigenvalue weighted by atomic mass is 9.84. The molecule has 0 bridgehead atoms. The van der Waals surface area contributed by atoms with Crippen LogP contribution in [-0.2, 0) is 12.1 Å². The fourth-order valence-electron chi connectivity index (χ4n) is 4.51. The summed E-state index contributed by atoms with van der Waals surface area (Å²) in [5, 5.41) is 13.4. The van der Waals surface area contributed by atoms with Crippen molar-refractivity contribution < 1.29 is 14.3 Å². The number of furan rings is 1. The van der Waals surface area contributed by atoms with E-state index in [1.54, 1.807) is 6.20 Å². The molecule has 0 unspecified atom stereocenters. The Labute approximate surface area is 205 Å². The number of piperidine rings is 1. The van der Waals surface area contributed by atoms with E-state index in [9.17, 15) is 5.11 Å². The molecular formula is C26H22ClN3O3S. The minimum Gasteiger partial charge on any atom is -0.464 e. The normalized spacial score (nSPS) is 16.3. The van der Waals surface area contributed by atoms with Crippen LogP contribution in [0.25, 0.3) is 21.3 Å². The van der Waals surface area contributed by atoms with Gasteiger partial charge in [-0.05, 0) is 54.8 Å². The molecule has 6 rings (SSSR count). The zero-order valence-corrected chi connectivity index (χ0v) is 19.9. The fraction of sp³-hybridized carbons (Fsp3) is 0.231. The first-order valence-corrected chi connectivity index (χ1v) is 12.4. The van der Waals surface area contributed by atoms with Crippen molar-refractivity contribution in [3.05, 3.63) is 83.2 Å². The summed E-state index contributed by atoms with van der Waals surface area (Å²) in [6.07, 6.45) is 4.90. The molecular weight excluding hydrogens is 470 g/mol. The Morgan fingerprint density at radius 1 is 1.12 bits per heavy atom. The van der Waals surface area contributed by atoms with Crippen LogP contribution in [0.15, 0.2) is 71.5 Å². The Morgan fingerprint density at radius 2 is 1.94 bits per heavy atom. The van der Waals surface area contributed by atoms with Crippen molar-refractivity contribution in [3.63, 3.8) is 0 Å². The summed E-state index contributed by atoms with van der Waals surface area (Å²) in [5.74, 6) is 0.679. The molecule has 1 N–H and O–H groups in total. The molecule has 0 amide bonds. The molecule has 1 fully saturated rings. The number of aromatic nitrogens is 2. The summed E-state index contributed by atoms with van der Waals surface area (Å²) < 4.78 is 12.8. The van der Waals surface area contributed by atoms with Crippen LogP contribution in [0.2, 0.25) is 5.02 Å². The van der Waals surface area contributed by atoms with Gasteiger partial charge in [0.25, 0.3) is 5.19 Å². The predicted molar refractivity (Wildman–Crippen MR) is 134 cm³/mol. The Bertz CT molecular complexity index is 1420. The first-order valence-electron chi connectivity index (χ1n) is 11.2. The number of ether oxygens (including phenoxy) is 1. The van der Waals surface area contributed by atoms with E-state index in [2.05, 4.69) is 14.9 Å². The number of nitrogens with zero attached hydrogens (tertiary/aromatic N) is 3. The summed E-state index contributed by atoms with van der Waals surface area (Å²) in [4.78, 5) is 11.0. The molecule has 5 aromatic rings. The van der Waals surface area contributed by atoms with Crippen molar-refractivity contribution in [2.24, 2.45) is 0 Å². The molecule has 0 radical (unpaired) electrons. The van der Waals surface area contributed by atoms with E-state index in [1.165, 1.54) is 11.3 Å². The minimum absolute atomic E-state index is 0.557. The molecule has 4 heterocycles. The molecule has 1 saturated heterocycles. The average molecular weight is 492 g/mol. The number of hydrogen-bond acceptors (Lipinski definition) is 7. The number of aliphatic hydroxyl groups is 1. The number of rotatable bonds is 5. The van der Waals surface area contributed by atoms with Crippen molar-refractivity contribution in [1.82, 2.24) is 14.9 Å². The molecule has 6 nitrogen and oxygen atoms in total. The molecule has 0 atom stereocenters. The summed E-state index contributed by atoms with van der Waals surface area (Å²) in [6, 6.07) is 17.3. The maximum Gasteiger partial charge on any atom is 0.281 e. The zero-order chi connectivity index (χ0) is 23.1. The van der Waals surface area contributed by atoms with Crippen LogP contribution >= 0.6 is 22.9 Å². The first-order chi connectivity index (χ1) is 16.6. The van der Waals surface area contributed by atoms with Gasteiger partial charge < -0.3 is 14.3 Å². The fourth-order valence-corrected chi connectivity index (χ4v) is 5.43. The average Bonchev–Trinajstić information content (AvgIpc) is 3.44. The summed E-state index contributed by atoms with van der Waals surface area (Å²) in [6.45, 7) is 2.38. The quantitative estimate of drug-likeness (QED) is 0.308. The highest BCUT2D eigenvalue weighted by Gasteiger charge is 2.34. The molecule has 1 aliphatic rings. The van der Waals surface area contributed by atoms with Gasteiger partial charge in [0, 0.05) is 47.9 Å². The van der Waals surface area contributed by atoms with Crippen LogP contribution in [-0.4, -0.2) is 33.1 Å². The lowest BCUT2D eigenvalue weighted by Gasteiger charge is -2.38. The topological polar surface area (TPSA) is 71.6 Å². The Morgan fingerprint density at radius 3 is 2.74 bits per heavy atom. The van der Waals surface area contributed by atoms with Crippen molar-refractivity contribution in [2.45, 2.75) is 25.0 Å². The first kappa shape index (κ1) is 21.6. The Hall–Kier alpha value is -2.97. The second-order valence-electron chi connectivity index (χ2n) is 8.64. The lowest BCUT2D eigenvalue weighted by molar-refractivity contribution is -0.0276. The van der Waals surface area contributed by atoms with E-state index in [0.29, 0.717) is 34.5 Å². The Balaban J connectivity index is 1.13. The molecule has 2 aromatic carbocycles. The number of halogens is 1. The molecule has 0 spiro atoms. The summed E-state index contributed by atoms with van der Waals surface area (Å²) in [7, 11) is 0. The maximum absolute atomic E-state index is 11.1. The van der Waals surface area contributed by atoms with Crippen LogP contribution in [0, 0.1) is 0 Å². The van der Waals surface area contributed by atoms with E-state index < -0.39 is 5.60 Å². The van der Waals surface area contributed by atoms with Gasteiger partial charge in [0.1, 0.15) is 11.3 Å². The predicted octanol–water partition coefficient (Wildman–Crippen LogP) is 6.37. The molecule has 3 aromatic heterocycles. The van der Waals surface area contributed by atoms with Gasteiger partial charge in [-0.3, -0.25) is 4.90 Å². The second-order valence-corrected chi connectivity index (χ2v) is 10.1. The van der Waals surface area contributed by atoms with Gasteiger partial charge >= 0.3 is 0 Å². The van der Waals surface area contributed by atoms with E-state index in [1.807, 2.05) is 60.9 Å². The van der Waals surface area contributed by atoms with E-state index in [-0.39, 0.29) is 0 Å². The van der Waals surface area contributed by atoms with Crippen LogP contribution in [0.1, 0.15) is 24.0 Å². The number of fused-ring (bicyclic) bond motifs is 2. The van der Waals surface area contributed by atoms with Gasteiger partial charge in [0.2, 0.25) is 0 Å². The number of thiazole rings is 1. The van der Waals surface area contributed by atoms with Crippen LogP contribution in [0.4, 0.5) is 0 Å². The van der Waals surface area contributed by atoms with Crippen molar-refractivity contribution >= 4 is 44.3 Å². The Kier molecular flexibility index (Phi) is 5.50. The van der Waals surface area contributed by atoms with Gasteiger partial charge in [-0.25, -0.2) is 4.98 Å². The molecule has 172 valence electrons. The number of likely N-dealkylation sites (tertiary alicyclic amines) is 1. The van der Waals surface area contributed by atoms with Crippen LogP contribution in [0.5, 0.6) is 10.9 Å². The highest BCUT2D eigenvalue weighted by atomic mass is 35.5. The molecule has 34 heavy (non-hydrogen) atoms. The number of hydrogen-bond donors (Lipinski definition) is 1.